The molecular weight excluding hydrogens is 445 g/mol. The lowest BCUT2D eigenvalue weighted by atomic mass is 9.99. The molecule has 2 aromatic rings. The Bertz CT molecular complexity index is 1080. The van der Waals surface area contributed by atoms with Crippen LogP contribution in [0.1, 0.15) is 55.6 Å². The van der Waals surface area contributed by atoms with E-state index in [1.54, 1.807) is 23.2 Å². The highest BCUT2D eigenvalue weighted by Crippen LogP contribution is 2.27. The molecule has 35 heavy (non-hydrogen) atoms. The summed E-state index contributed by atoms with van der Waals surface area (Å²) in [6.07, 6.45) is 2.13. The van der Waals surface area contributed by atoms with Gasteiger partial charge in [0.2, 0.25) is 5.88 Å². The van der Waals surface area contributed by atoms with Gasteiger partial charge in [0, 0.05) is 43.7 Å². The summed E-state index contributed by atoms with van der Waals surface area (Å²) in [5.41, 5.74) is 1.89. The van der Waals surface area contributed by atoms with Gasteiger partial charge in [-0.2, -0.15) is 0 Å². The third-order valence-corrected chi connectivity index (χ3v) is 6.10. The molecule has 0 aliphatic carbocycles. The summed E-state index contributed by atoms with van der Waals surface area (Å²) in [6, 6.07) is 7.94. The molecule has 2 heterocycles. The standard InChI is InChI=1S/C28H36FN3O3/c1-19(2)8-6-9-22-13-25-27(30-14-22)35-26(20(3)15-32(28(25)34)21(4)18-33)17-31(5)16-23-10-7-11-24(29)12-23/h7,10-14,19-21,26,33H,8,15-18H2,1-5H3/t20-,21+,26-/m0/s1. The molecule has 7 heteroatoms. The van der Waals surface area contributed by atoms with Crippen molar-refractivity contribution in [3.05, 3.63) is 59.0 Å². The number of aliphatic hydroxyl groups is 1. The van der Waals surface area contributed by atoms with Crippen molar-refractivity contribution < 1.29 is 19.0 Å². The Labute approximate surface area is 208 Å². The number of rotatable bonds is 7. The first-order valence-electron chi connectivity index (χ1n) is 12.2. The number of halogens is 1. The van der Waals surface area contributed by atoms with Crippen LogP contribution in [0.2, 0.25) is 0 Å². The zero-order chi connectivity index (χ0) is 25.5. The molecule has 1 aliphatic heterocycles. The Morgan fingerprint density at radius 1 is 1.31 bits per heavy atom. The summed E-state index contributed by atoms with van der Waals surface area (Å²) >= 11 is 0. The highest BCUT2D eigenvalue weighted by molar-refractivity contribution is 5.97. The van der Waals surface area contributed by atoms with E-state index in [0.29, 0.717) is 36.7 Å². The minimum Gasteiger partial charge on any atom is -0.472 e. The van der Waals surface area contributed by atoms with E-state index in [1.807, 2.05) is 27.0 Å². The van der Waals surface area contributed by atoms with Gasteiger partial charge in [-0.25, -0.2) is 9.37 Å². The molecule has 0 radical (unpaired) electrons. The van der Waals surface area contributed by atoms with Crippen LogP contribution < -0.4 is 4.74 Å². The highest BCUT2D eigenvalue weighted by atomic mass is 19.1. The monoisotopic (exact) mass is 481 g/mol. The summed E-state index contributed by atoms with van der Waals surface area (Å²) in [5, 5.41) is 9.82. The zero-order valence-electron chi connectivity index (χ0n) is 21.3. The summed E-state index contributed by atoms with van der Waals surface area (Å²) in [4.78, 5) is 21.7. The molecule has 1 aromatic carbocycles. The van der Waals surface area contributed by atoms with Gasteiger partial charge in [0.05, 0.1) is 12.6 Å². The van der Waals surface area contributed by atoms with E-state index in [9.17, 15) is 14.3 Å². The van der Waals surface area contributed by atoms with Crippen LogP contribution in [-0.4, -0.2) is 64.7 Å². The lowest BCUT2D eigenvalue weighted by Crippen LogP contribution is -2.49. The molecule has 0 unspecified atom stereocenters. The number of fused-ring (bicyclic) bond motifs is 1. The second kappa shape index (κ2) is 12.1. The molecule has 1 aliphatic rings. The van der Waals surface area contributed by atoms with E-state index in [0.717, 1.165) is 12.0 Å². The van der Waals surface area contributed by atoms with Crippen LogP contribution >= 0.6 is 0 Å². The van der Waals surface area contributed by atoms with Crippen LogP contribution in [0.25, 0.3) is 0 Å². The number of nitrogens with zero attached hydrogens (tertiary/aromatic N) is 3. The van der Waals surface area contributed by atoms with Gasteiger partial charge in [-0.3, -0.25) is 9.69 Å². The summed E-state index contributed by atoms with van der Waals surface area (Å²) in [5.74, 6) is 6.46. The number of likely N-dealkylation sites (N-methyl/N-ethyl adjacent to an activating group) is 1. The van der Waals surface area contributed by atoms with E-state index in [4.69, 9.17) is 4.74 Å². The Morgan fingerprint density at radius 3 is 2.77 bits per heavy atom. The maximum Gasteiger partial charge on any atom is 0.259 e. The largest absolute Gasteiger partial charge is 0.472 e. The second-order valence-electron chi connectivity index (χ2n) is 9.93. The smallest absolute Gasteiger partial charge is 0.259 e. The number of aromatic nitrogens is 1. The average Bonchev–Trinajstić information content (AvgIpc) is 2.81. The average molecular weight is 482 g/mol. The van der Waals surface area contributed by atoms with Gasteiger partial charge in [-0.05, 0) is 43.7 Å². The lowest BCUT2D eigenvalue weighted by Gasteiger charge is -2.37. The zero-order valence-corrected chi connectivity index (χ0v) is 21.3. The molecule has 1 N–H and O–H groups in total. The van der Waals surface area contributed by atoms with Gasteiger partial charge < -0.3 is 14.7 Å². The molecular formula is C28H36FN3O3. The molecule has 0 bridgehead atoms. The molecule has 0 saturated carbocycles. The molecule has 1 aromatic heterocycles. The van der Waals surface area contributed by atoms with E-state index in [-0.39, 0.29) is 42.3 Å². The molecule has 0 fully saturated rings. The molecule has 3 rings (SSSR count). The van der Waals surface area contributed by atoms with Crippen LogP contribution in [0.5, 0.6) is 5.88 Å². The van der Waals surface area contributed by atoms with Crippen LogP contribution in [0, 0.1) is 29.5 Å². The number of amides is 1. The van der Waals surface area contributed by atoms with Crippen LogP contribution in [0.15, 0.2) is 36.5 Å². The first-order valence-corrected chi connectivity index (χ1v) is 12.2. The molecule has 0 saturated heterocycles. The Balaban J connectivity index is 1.89. The van der Waals surface area contributed by atoms with Gasteiger partial charge >= 0.3 is 0 Å². The summed E-state index contributed by atoms with van der Waals surface area (Å²) in [7, 11) is 1.96. The van der Waals surface area contributed by atoms with Crippen molar-refractivity contribution in [1.82, 2.24) is 14.8 Å². The maximum absolute atomic E-state index is 13.6. The SMILES string of the molecule is CC(C)CC#Cc1cnc2c(c1)C(=O)N([C@H](C)CO)C[C@H](C)[C@H](CN(C)Cc1cccc(F)c1)O2. The van der Waals surface area contributed by atoms with Crippen molar-refractivity contribution in [2.45, 2.75) is 52.8 Å². The normalized spacial score (nSPS) is 18.9. The van der Waals surface area contributed by atoms with Crippen LogP contribution in [0.3, 0.4) is 0 Å². The van der Waals surface area contributed by atoms with Crippen molar-refractivity contribution in [3.8, 4) is 17.7 Å². The van der Waals surface area contributed by atoms with E-state index >= 15 is 0 Å². The fourth-order valence-corrected chi connectivity index (χ4v) is 4.06. The third-order valence-electron chi connectivity index (χ3n) is 6.10. The maximum atomic E-state index is 13.6. The number of hydrogen-bond acceptors (Lipinski definition) is 5. The van der Waals surface area contributed by atoms with Crippen molar-refractivity contribution >= 4 is 5.91 Å². The van der Waals surface area contributed by atoms with Gasteiger partial charge in [-0.15, -0.1) is 0 Å². The summed E-state index contributed by atoms with van der Waals surface area (Å²) in [6.45, 7) is 9.48. The molecule has 0 spiro atoms. The number of carbonyl (C=O) groups is 1. The number of ether oxygens (including phenoxy) is 1. The Morgan fingerprint density at radius 2 is 2.09 bits per heavy atom. The molecule has 6 nitrogen and oxygen atoms in total. The topological polar surface area (TPSA) is 65.9 Å². The second-order valence-corrected chi connectivity index (χ2v) is 9.93. The fourth-order valence-electron chi connectivity index (χ4n) is 4.06. The lowest BCUT2D eigenvalue weighted by molar-refractivity contribution is 0.0325. The number of carbonyl (C=O) groups excluding carboxylic acids is 1. The van der Waals surface area contributed by atoms with Crippen LogP contribution in [0.4, 0.5) is 4.39 Å². The van der Waals surface area contributed by atoms with Crippen molar-refractivity contribution in [2.75, 3.05) is 26.7 Å². The number of benzene rings is 1. The van der Waals surface area contributed by atoms with Gasteiger partial charge in [0.1, 0.15) is 17.5 Å². The first kappa shape index (κ1) is 26.7. The summed E-state index contributed by atoms with van der Waals surface area (Å²) < 4.78 is 19.9. The van der Waals surface area contributed by atoms with E-state index < -0.39 is 0 Å². The molecule has 3 atom stereocenters. The van der Waals surface area contributed by atoms with E-state index in [2.05, 4.69) is 35.6 Å². The third kappa shape index (κ3) is 7.27. The van der Waals surface area contributed by atoms with Gasteiger partial charge in [0.15, 0.2) is 0 Å². The number of pyridine rings is 1. The number of hydrogen-bond donors (Lipinski definition) is 1. The van der Waals surface area contributed by atoms with E-state index in [1.165, 1.54) is 12.1 Å². The number of aliphatic hydroxyl groups excluding tert-OH is 1. The van der Waals surface area contributed by atoms with Crippen molar-refractivity contribution in [1.29, 1.82) is 0 Å². The molecule has 188 valence electrons. The van der Waals surface area contributed by atoms with Gasteiger partial charge in [0.25, 0.3) is 5.91 Å². The highest BCUT2D eigenvalue weighted by Gasteiger charge is 2.34. The minimum absolute atomic E-state index is 0.0247. The predicted octanol–water partition coefficient (Wildman–Crippen LogP) is 3.97. The fraction of sp³-hybridized carbons (Fsp3) is 0.500. The minimum atomic E-state index is -0.350. The predicted molar refractivity (Wildman–Crippen MR) is 134 cm³/mol. The van der Waals surface area contributed by atoms with Gasteiger partial charge in [-0.1, -0.05) is 44.7 Å². The first-order chi connectivity index (χ1) is 16.7. The van der Waals surface area contributed by atoms with Crippen molar-refractivity contribution in [3.63, 3.8) is 0 Å². The van der Waals surface area contributed by atoms with Crippen molar-refractivity contribution in [2.24, 2.45) is 11.8 Å². The molecule has 1 amide bonds. The quantitative estimate of drug-likeness (QED) is 0.607. The van der Waals surface area contributed by atoms with Crippen LogP contribution in [-0.2, 0) is 6.54 Å². The Hall–Kier alpha value is -2.95. The Kier molecular flexibility index (Phi) is 9.25.